The normalized spacial score (nSPS) is 11.8. The number of nitrogens with one attached hydrogen (secondary N) is 2. The molecule has 2 N–H and O–H groups in total. The molecule has 0 bridgehead atoms. The topological polar surface area (TPSA) is 46.2 Å². The maximum absolute atomic E-state index is 5.92. The molecule has 0 unspecified atom stereocenters. The highest BCUT2D eigenvalue weighted by Crippen LogP contribution is 2.32. The number of anilines is 1. The highest BCUT2D eigenvalue weighted by molar-refractivity contribution is 7.99. The Morgan fingerprint density at radius 1 is 1.35 bits per heavy atom. The van der Waals surface area contributed by atoms with Crippen LogP contribution in [0.1, 0.15) is 6.92 Å². The van der Waals surface area contributed by atoms with E-state index in [2.05, 4.69) is 15.6 Å². The number of pyridine rings is 1. The van der Waals surface area contributed by atoms with Crippen LogP contribution in [0.25, 0.3) is 0 Å². The van der Waals surface area contributed by atoms with E-state index in [9.17, 15) is 0 Å². The van der Waals surface area contributed by atoms with E-state index in [0.29, 0.717) is 16.7 Å². The molecule has 0 saturated heterocycles. The average Bonchev–Trinajstić information content (AvgIpc) is 2.51. The second-order valence-electron chi connectivity index (χ2n) is 4.87. The molecule has 1 atom stereocenters. The zero-order valence-corrected chi connectivity index (χ0v) is 15.3. The Morgan fingerprint density at radius 2 is 2.09 bits per heavy atom. The van der Waals surface area contributed by atoms with E-state index in [1.807, 2.05) is 43.3 Å². The fourth-order valence-corrected chi connectivity index (χ4v) is 3.13. The summed E-state index contributed by atoms with van der Waals surface area (Å²) in [6, 6.07) is 11.6. The predicted octanol–water partition coefficient (Wildman–Crippen LogP) is 4.21. The Bertz CT molecular complexity index is 652. The summed E-state index contributed by atoms with van der Waals surface area (Å²) in [5, 5.41) is 8.46. The van der Waals surface area contributed by atoms with Gasteiger partial charge >= 0.3 is 0 Å². The molecule has 1 aromatic heterocycles. The van der Waals surface area contributed by atoms with Crippen molar-refractivity contribution in [1.82, 2.24) is 10.3 Å². The molecule has 4 nitrogen and oxygen atoms in total. The zero-order chi connectivity index (χ0) is 16.7. The molecule has 0 aliphatic heterocycles. The van der Waals surface area contributed by atoms with Crippen LogP contribution in [0.3, 0.4) is 0 Å². The number of hydrogen-bond acceptors (Lipinski definition) is 4. The molecule has 0 aliphatic rings. The molecule has 1 aromatic carbocycles. The van der Waals surface area contributed by atoms with Crippen LogP contribution < -0.4 is 10.6 Å². The lowest BCUT2D eigenvalue weighted by Crippen LogP contribution is -2.38. The van der Waals surface area contributed by atoms with Crippen molar-refractivity contribution >= 4 is 46.4 Å². The quantitative estimate of drug-likeness (QED) is 0.746. The van der Waals surface area contributed by atoms with E-state index in [1.54, 1.807) is 25.1 Å². The first-order valence-electron chi connectivity index (χ1n) is 7.03. The third-order valence-corrected chi connectivity index (χ3v) is 4.34. The first-order chi connectivity index (χ1) is 11.1. The SMILES string of the molecule is COC[C@H](C)NC(=S)Nc1cccnc1Sc1ccc(Cl)cc1. The molecule has 2 rings (SSSR count). The van der Waals surface area contributed by atoms with Crippen molar-refractivity contribution in [2.75, 3.05) is 19.0 Å². The first-order valence-corrected chi connectivity index (χ1v) is 8.63. The molecule has 23 heavy (non-hydrogen) atoms. The summed E-state index contributed by atoms with van der Waals surface area (Å²) in [5.41, 5.74) is 0.856. The van der Waals surface area contributed by atoms with E-state index in [0.717, 1.165) is 15.6 Å². The summed E-state index contributed by atoms with van der Waals surface area (Å²) in [4.78, 5) is 5.48. The zero-order valence-electron chi connectivity index (χ0n) is 12.9. The molecule has 0 aliphatic carbocycles. The third kappa shape index (κ3) is 5.99. The monoisotopic (exact) mass is 367 g/mol. The van der Waals surface area contributed by atoms with Crippen molar-refractivity contribution in [3.63, 3.8) is 0 Å². The number of thiocarbonyl (C=S) groups is 1. The maximum atomic E-state index is 5.92. The van der Waals surface area contributed by atoms with Crippen molar-refractivity contribution in [3.05, 3.63) is 47.6 Å². The molecule has 0 radical (unpaired) electrons. The van der Waals surface area contributed by atoms with Gasteiger partial charge in [0, 0.05) is 29.3 Å². The van der Waals surface area contributed by atoms with Gasteiger partial charge in [0.1, 0.15) is 5.03 Å². The molecule has 0 saturated carbocycles. The molecule has 122 valence electrons. The van der Waals surface area contributed by atoms with Gasteiger partial charge in [0.05, 0.1) is 12.3 Å². The number of methoxy groups -OCH3 is 1. The second-order valence-corrected chi connectivity index (χ2v) is 6.77. The van der Waals surface area contributed by atoms with Gasteiger partial charge in [-0.15, -0.1) is 0 Å². The maximum Gasteiger partial charge on any atom is 0.171 e. The first kappa shape index (κ1) is 18.0. The van der Waals surface area contributed by atoms with Crippen molar-refractivity contribution in [2.24, 2.45) is 0 Å². The standard InChI is InChI=1S/C16H18ClN3OS2/c1-11(10-21-2)19-16(22)20-14-4-3-9-18-15(14)23-13-7-5-12(17)6-8-13/h3-9,11H,10H2,1-2H3,(H2,19,20,22)/t11-/m0/s1. The largest absolute Gasteiger partial charge is 0.383 e. The van der Waals surface area contributed by atoms with E-state index in [-0.39, 0.29) is 6.04 Å². The molecule has 7 heteroatoms. The van der Waals surface area contributed by atoms with Gasteiger partial charge in [-0.05, 0) is 55.5 Å². The number of halogens is 1. The molecule has 0 amide bonds. The summed E-state index contributed by atoms with van der Waals surface area (Å²) in [6.07, 6.45) is 1.76. The van der Waals surface area contributed by atoms with Gasteiger partial charge in [0.15, 0.2) is 5.11 Å². The van der Waals surface area contributed by atoms with Gasteiger partial charge in [0.2, 0.25) is 0 Å². The lowest BCUT2D eigenvalue weighted by molar-refractivity contribution is 0.179. The minimum atomic E-state index is 0.129. The highest BCUT2D eigenvalue weighted by Gasteiger charge is 2.09. The predicted molar refractivity (Wildman–Crippen MR) is 101 cm³/mol. The van der Waals surface area contributed by atoms with Gasteiger partial charge in [-0.1, -0.05) is 23.4 Å². The Labute approximate surface area is 151 Å². The summed E-state index contributed by atoms with van der Waals surface area (Å²) < 4.78 is 5.09. The van der Waals surface area contributed by atoms with Crippen LogP contribution in [0.4, 0.5) is 5.69 Å². The number of rotatable bonds is 6. The summed E-state index contributed by atoms with van der Waals surface area (Å²) in [6.45, 7) is 2.59. The van der Waals surface area contributed by atoms with E-state index < -0.39 is 0 Å². The Kier molecular flexibility index (Phi) is 7.11. The summed E-state index contributed by atoms with van der Waals surface area (Å²) in [7, 11) is 1.66. The van der Waals surface area contributed by atoms with Crippen LogP contribution >= 0.6 is 35.6 Å². The summed E-state index contributed by atoms with van der Waals surface area (Å²) >= 11 is 12.8. The molecule has 2 aromatic rings. The second kappa shape index (κ2) is 9.08. The minimum absolute atomic E-state index is 0.129. The van der Waals surface area contributed by atoms with Crippen LogP contribution in [0, 0.1) is 0 Å². The Balaban J connectivity index is 2.05. The minimum Gasteiger partial charge on any atom is -0.383 e. The third-order valence-electron chi connectivity index (χ3n) is 2.84. The highest BCUT2D eigenvalue weighted by atomic mass is 35.5. The lowest BCUT2D eigenvalue weighted by atomic mass is 10.4. The lowest BCUT2D eigenvalue weighted by Gasteiger charge is -2.17. The molecular formula is C16H18ClN3OS2. The molecular weight excluding hydrogens is 350 g/mol. The van der Waals surface area contributed by atoms with Gasteiger partial charge in [-0.25, -0.2) is 4.98 Å². The van der Waals surface area contributed by atoms with Crippen molar-refractivity contribution < 1.29 is 4.74 Å². The number of aromatic nitrogens is 1. The fourth-order valence-electron chi connectivity index (χ4n) is 1.86. The van der Waals surface area contributed by atoms with Crippen LogP contribution in [0.2, 0.25) is 5.02 Å². The van der Waals surface area contributed by atoms with Crippen molar-refractivity contribution in [1.29, 1.82) is 0 Å². The molecule has 1 heterocycles. The van der Waals surface area contributed by atoms with Crippen LogP contribution in [0.15, 0.2) is 52.5 Å². The van der Waals surface area contributed by atoms with E-state index in [1.165, 1.54) is 0 Å². The number of ether oxygens (including phenoxy) is 1. The van der Waals surface area contributed by atoms with Crippen molar-refractivity contribution in [3.8, 4) is 0 Å². The number of nitrogens with zero attached hydrogens (tertiary/aromatic N) is 1. The van der Waals surface area contributed by atoms with Crippen LogP contribution in [-0.2, 0) is 4.74 Å². The molecule has 0 fully saturated rings. The Morgan fingerprint density at radius 3 is 2.78 bits per heavy atom. The molecule has 0 spiro atoms. The van der Waals surface area contributed by atoms with Gasteiger partial charge in [-0.3, -0.25) is 0 Å². The van der Waals surface area contributed by atoms with Gasteiger partial charge in [-0.2, -0.15) is 0 Å². The smallest absolute Gasteiger partial charge is 0.171 e. The average molecular weight is 368 g/mol. The Hall–Kier alpha value is -1.34. The van der Waals surface area contributed by atoms with E-state index in [4.69, 9.17) is 28.6 Å². The van der Waals surface area contributed by atoms with E-state index >= 15 is 0 Å². The van der Waals surface area contributed by atoms with Gasteiger partial charge < -0.3 is 15.4 Å². The fraction of sp³-hybridized carbons (Fsp3) is 0.250. The number of hydrogen-bond donors (Lipinski definition) is 2. The van der Waals surface area contributed by atoms with Gasteiger partial charge in [0.25, 0.3) is 0 Å². The van der Waals surface area contributed by atoms with Crippen molar-refractivity contribution in [2.45, 2.75) is 22.9 Å². The summed E-state index contributed by atoms with van der Waals surface area (Å²) in [5.74, 6) is 0. The van der Waals surface area contributed by atoms with Crippen LogP contribution in [-0.4, -0.2) is 29.9 Å². The van der Waals surface area contributed by atoms with Crippen LogP contribution in [0.5, 0.6) is 0 Å². The number of benzene rings is 1.